The number of carbonyl (C=O) groups excluding carboxylic acids is 1. The first-order chi connectivity index (χ1) is 9.97. The lowest BCUT2D eigenvalue weighted by Gasteiger charge is -2.20. The van der Waals surface area contributed by atoms with Crippen molar-refractivity contribution in [2.45, 2.75) is 20.3 Å². The van der Waals surface area contributed by atoms with Crippen LogP contribution >= 0.6 is 0 Å². The molecule has 0 unspecified atom stereocenters. The highest BCUT2D eigenvalue weighted by Gasteiger charge is 2.16. The SMILES string of the molecule is Cc1ccc(N)c(C)c1NC(=O)CN1CCCN(C)CC1. The summed E-state index contributed by atoms with van der Waals surface area (Å²) < 4.78 is 0. The molecular formula is C16H26N4O. The minimum atomic E-state index is 0.0383. The van der Waals surface area contributed by atoms with E-state index in [9.17, 15) is 4.79 Å². The molecule has 1 aliphatic heterocycles. The average Bonchev–Trinajstić information content (AvgIpc) is 2.64. The van der Waals surface area contributed by atoms with Crippen molar-refractivity contribution in [1.82, 2.24) is 9.80 Å². The van der Waals surface area contributed by atoms with Crippen molar-refractivity contribution in [3.8, 4) is 0 Å². The lowest BCUT2D eigenvalue weighted by molar-refractivity contribution is -0.117. The molecule has 0 aliphatic carbocycles. The number of aryl methyl sites for hydroxylation is 1. The molecule has 1 heterocycles. The van der Waals surface area contributed by atoms with Crippen molar-refractivity contribution >= 4 is 17.3 Å². The normalized spacial score (nSPS) is 17.5. The van der Waals surface area contributed by atoms with Crippen LogP contribution in [0.4, 0.5) is 11.4 Å². The number of rotatable bonds is 3. The summed E-state index contributed by atoms with van der Waals surface area (Å²) in [6.45, 7) is 8.42. The first-order valence-corrected chi connectivity index (χ1v) is 7.54. The van der Waals surface area contributed by atoms with Crippen molar-refractivity contribution in [3.63, 3.8) is 0 Å². The molecule has 0 radical (unpaired) electrons. The number of anilines is 2. The van der Waals surface area contributed by atoms with E-state index in [0.717, 1.165) is 49.4 Å². The van der Waals surface area contributed by atoms with Crippen LogP contribution in [-0.4, -0.2) is 55.5 Å². The van der Waals surface area contributed by atoms with Crippen LogP contribution in [0.2, 0.25) is 0 Å². The van der Waals surface area contributed by atoms with Crippen LogP contribution in [0.25, 0.3) is 0 Å². The molecule has 1 saturated heterocycles. The molecule has 5 nitrogen and oxygen atoms in total. The Balaban J connectivity index is 1.97. The van der Waals surface area contributed by atoms with Gasteiger partial charge >= 0.3 is 0 Å². The predicted molar refractivity (Wildman–Crippen MR) is 87.5 cm³/mol. The van der Waals surface area contributed by atoms with E-state index in [1.54, 1.807) is 0 Å². The molecule has 3 N–H and O–H groups in total. The maximum atomic E-state index is 12.3. The third-order valence-electron chi connectivity index (χ3n) is 4.16. The highest BCUT2D eigenvalue weighted by molar-refractivity contribution is 5.94. The Bertz CT molecular complexity index is 515. The van der Waals surface area contributed by atoms with Gasteiger partial charge in [-0.2, -0.15) is 0 Å². The van der Waals surface area contributed by atoms with E-state index < -0.39 is 0 Å². The monoisotopic (exact) mass is 290 g/mol. The first-order valence-electron chi connectivity index (χ1n) is 7.54. The second kappa shape index (κ2) is 6.91. The number of likely N-dealkylation sites (N-methyl/N-ethyl adjacent to an activating group) is 1. The highest BCUT2D eigenvalue weighted by Crippen LogP contribution is 2.25. The topological polar surface area (TPSA) is 61.6 Å². The molecule has 2 rings (SSSR count). The van der Waals surface area contributed by atoms with Crippen LogP contribution in [0.15, 0.2) is 12.1 Å². The van der Waals surface area contributed by atoms with Crippen LogP contribution in [0.3, 0.4) is 0 Å². The molecule has 116 valence electrons. The van der Waals surface area contributed by atoms with Gasteiger partial charge in [0.25, 0.3) is 0 Å². The molecule has 1 aromatic rings. The Hall–Kier alpha value is -1.59. The van der Waals surface area contributed by atoms with E-state index in [-0.39, 0.29) is 5.91 Å². The number of hydrogen-bond donors (Lipinski definition) is 2. The number of nitrogens with one attached hydrogen (secondary N) is 1. The fraction of sp³-hybridized carbons (Fsp3) is 0.562. The van der Waals surface area contributed by atoms with E-state index in [4.69, 9.17) is 5.73 Å². The molecule has 0 bridgehead atoms. The molecule has 0 spiro atoms. The van der Waals surface area contributed by atoms with Crippen LogP contribution in [0.5, 0.6) is 0 Å². The molecule has 0 saturated carbocycles. The van der Waals surface area contributed by atoms with Crippen LogP contribution in [0, 0.1) is 13.8 Å². The van der Waals surface area contributed by atoms with E-state index >= 15 is 0 Å². The van der Waals surface area contributed by atoms with E-state index in [0.29, 0.717) is 12.2 Å². The van der Waals surface area contributed by atoms with Crippen molar-refractivity contribution < 1.29 is 4.79 Å². The minimum Gasteiger partial charge on any atom is -0.398 e. The Kier molecular flexibility index (Phi) is 5.20. The molecule has 1 amide bonds. The number of hydrogen-bond acceptors (Lipinski definition) is 4. The third kappa shape index (κ3) is 4.19. The van der Waals surface area contributed by atoms with Crippen LogP contribution < -0.4 is 11.1 Å². The van der Waals surface area contributed by atoms with Crippen molar-refractivity contribution in [3.05, 3.63) is 23.3 Å². The first kappa shape index (κ1) is 15.8. The van der Waals surface area contributed by atoms with Gasteiger partial charge in [0.05, 0.1) is 6.54 Å². The number of amides is 1. The van der Waals surface area contributed by atoms with Gasteiger partial charge in [0, 0.05) is 24.5 Å². The van der Waals surface area contributed by atoms with E-state index in [2.05, 4.69) is 22.2 Å². The summed E-state index contributed by atoms with van der Waals surface area (Å²) in [4.78, 5) is 16.8. The Morgan fingerprint density at radius 3 is 2.76 bits per heavy atom. The smallest absolute Gasteiger partial charge is 0.238 e. The van der Waals surface area contributed by atoms with Crippen LogP contribution in [0.1, 0.15) is 17.5 Å². The zero-order valence-electron chi connectivity index (χ0n) is 13.3. The summed E-state index contributed by atoms with van der Waals surface area (Å²) >= 11 is 0. The summed E-state index contributed by atoms with van der Waals surface area (Å²) in [5.41, 5.74) is 9.48. The molecule has 21 heavy (non-hydrogen) atoms. The summed E-state index contributed by atoms with van der Waals surface area (Å²) in [7, 11) is 2.13. The number of nitrogen functional groups attached to an aromatic ring is 1. The molecule has 1 aliphatic rings. The second-order valence-corrected chi connectivity index (χ2v) is 5.95. The number of carbonyl (C=O) groups is 1. The molecule has 0 aromatic heterocycles. The largest absolute Gasteiger partial charge is 0.398 e. The summed E-state index contributed by atoms with van der Waals surface area (Å²) in [6, 6.07) is 3.82. The Morgan fingerprint density at radius 2 is 2.00 bits per heavy atom. The fourth-order valence-corrected chi connectivity index (χ4v) is 2.70. The molecule has 0 atom stereocenters. The van der Waals surface area contributed by atoms with Gasteiger partial charge in [-0.25, -0.2) is 0 Å². The standard InChI is InChI=1S/C16H26N4O/c1-12-5-6-14(17)13(2)16(12)18-15(21)11-20-8-4-7-19(3)9-10-20/h5-6H,4,7-11,17H2,1-3H3,(H,18,21). The minimum absolute atomic E-state index is 0.0383. The van der Waals surface area contributed by atoms with Gasteiger partial charge in [-0.05, 0) is 57.6 Å². The zero-order valence-corrected chi connectivity index (χ0v) is 13.3. The fourth-order valence-electron chi connectivity index (χ4n) is 2.70. The zero-order chi connectivity index (χ0) is 15.4. The summed E-state index contributed by atoms with van der Waals surface area (Å²) in [5.74, 6) is 0.0383. The van der Waals surface area contributed by atoms with Gasteiger partial charge < -0.3 is 16.0 Å². The third-order valence-corrected chi connectivity index (χ3v) is 4.16. The van der Waals surface area contributed by atoms with Crippen LogP contribution in [-0.2, 0) is 4.79 Å². The van der Waals surface area contributed by atoms with Gasteiger partial charge in [0.15, 0.2) is 0 Å². The maximum absolute atomic E-state index is 12.3. The van der Waals surface area contributed by atoms with Gasteiger partial charge in [-0.1, -0.05) is 6.07 Å². The predicted octanol–water partition coefficient (Wildman–Crippen LogP) is 1.46. The lowest BCUT2D eigenvalue weighted by atomic mass is 10.1. The molecule has 1 fully saturated rings. The Labute approximate surface area is 127 Å². The van der Waals surface area contributed by atoms with Gasteiger partial charge in [-0.3, -0.25) is 9.69 Å². The average molecular weight is 290 g/mol. The molecule has 1 aromatic carbocycles. The number of nitrogens with two attached hydrogens (primary N) is 1. The number of benzene rings is 1. The van der Waals surface area contributed by atoms with Crippen molar-refractivity contribution in [2.75, 3.05) is 50.8 Å². The molecule has 5 heteroatoms. The maximum Gasteiger partial charge on any atom is 0.238 e. The van der Waals surface area contributed by atoms with Gasteiger partial charge in [0.1, 0.15) is 0 Å². The molecular weight excluding hydrogens is 264 g/mol. The van der Waals surface area contributed by atoms with Gasteiger partial charge in [0.2, 0.25) is 5.91 Å². The highest BCUT2D eigenvalue weighted by atomic mass is 16.2. The van der Waals surface area contributed by atoms with Crippen molar-refractivity contribution in [1.29, 1.82) is 0 Å². The summed E-state index contributed by atoms with van der Waals surface area (Å²) in [6.07, 6.45) is 1.11. The summed E-state index contributed by atoms with van der Waals surface area (Å²) in [5, 5.41) is 3.02. The van der Waals surface area contributed by atoms with E-state index in [1.165, 1.54) is 0 Å². The van der Waals surface area contributed by atoms with E-state index in [1.807, 2.05) is 26.0 Å². The second-order valence-electron chi connectivity index (χ2n) is 5.95. The quantitative estimate of drug-likeness (QED) is 0.828. The Morgan fingerprint density at radius 1 is 1.24 bits per heavy atom. The van der Waals surface area contributed by atoms with Crippen molar-refractivity contribution in [2.24, 2.45) is 0 Å². The van der Waals surface area contributed by atoms with Gasteiger partial charge in [-0.15, -0.1) is 0 Å². The number of nitrogens with zero attached hydrogens (tertiary/aromatic N) is 2. The lowest BCUT2D eigenvalue weighted by Crippen LogP contribution is -2.36.